The maximum atomic E-state index is 13.0. The van der Waals surface area contributed by atoms with Gasteiger partial charge in [0.2, 0.25) is 0 Å². The van der Waals surface area contributed by atoms with Crippen molar-refractivity contribution in [1.29, 1.82) is 0 Å². The molecule has 166 valence electrons. The third-order valence-corrected chi connectivity index (χ3v) is 5.71. The number of rotatable bonds is 6. The Bertz CT molecular complexity index is 1470. The topological polar surface area (TPSA) is 105 Å². The van der Waals surface area contributed by atoms with Gasteiger partial charge in [0, 0.05) is 22.6 Å². The van der Waals surface area contributed by atoms with Crippen molar-refractivity contribution in [3.63, 3.8) is 0 Å². The zero-order valence-electron chi connectivity index (χ0n) is 17.8. The van der Waals surface area contributed by atoms with Crippen LogP contribution in [-0.4, -0.2) is 23.0 Å². The van der Waals surface area contributed by atoms with E-state index in [2.05, 4.69) is 10.5 Å². The monoisotopic (exact) mass is 450 g/mol. The van der Waals surface area contributed by atoms with Crippen LogP contribution < -0.4 is 10.3 Å². The minimum absolute atomic E-state index is 0.0436. The van der Waals surface area contributed by atoms with Gasteiger partial charge in [-0.15, -0.1) is 0 Å². The van der Waals surface area contributed by atoms with Crippen molar-refractivity contribution in [1.82, 2.24) is 5.43 Å². The quantitative estimate of drug-likeness (QED) is 0.262. The molecule has 1 N–H and O–H groups in total. The van der Waals surface area contributed by atoms with Crippen molar-refractivity contribution in [2.45, 2.75) is 6.54 Å². The van der Waals surface area contributed by atoms with Crippen LogP contribution in [0, 0.1) is 10.1 Å². The molecule has 1 aliphatic heterocycles. The maximum absolute atomic E-state index is 13.0. The molecule has 34 heavy (non-hydrogen) atoms. The van der Waals surface area contributed by atoms with E-state index in [4.69, 9.17) is 0 Å². The molecule has 8 heteroatoms. The third kappa shape index (κ3) is 3.77. The van der Waals surface area contributed by atoms with Crippen molar-refractivity contribution in [2.75, 3.05) is 4.90 Å². The summed E-state index contributed by atoms with van der Waals surface area (Å²) in [6, 6.07) is 24.6. The number of hydrazone groups is 1. The molecule has 0 aliphatic carbocycles. The van der Waals surface area contributed by atoms with Gasteiger partial charge in [-0.3, -0.25) is 19.7 Å². The number of hydrogen-bond donors (Lipinski definition) is 1. The van der Waals surface area contributed by atoms with Gasteiger partial charge in [0.15, 0.2) is 0 Å². The summed E-state index contributed by atoms with van der Waals surface area (Å²) in [7, 11) is 0. The Morgan fingerprint density at radius 2 is 1.71 bits per heavy atom. The molecule has 0 saturated carbocycles. The Morgan fingerprint density at radius 3 is 2.47 bits per heavy atom. The van der Waals surface area contributed by atoms with Crippen LogP contribution in [0.2, 0.25) is 0 Å². The largest absolute Gasteiger partial charge is 0.303 e. The molecule has 5 rings (SSSR count). The predicted octanol–water partition coefficient (Wildman–Crippen LogP) is 4.67. The third-order valence-electron chi connectivity index (χ3n) is 5.71. The van der Waals surface area contributed by atoms with Crippen LogP contribution in [0.3, 0.4) is 0 Å². The fourth-order valence-electron chi connectivity index (χ4n) is 4.07. The number of nitrogens with one attached hydrogen (secondary N) is 1. The highest BCUT2D eigenvalue weighted by Gasteiger charge is 2.29. The number of nitrogens with zero attached hydrogens (tertiary/aromatic N) is 3. The number of hydrogen-bond acceptors (Lipinski definition) is 5. The van der Waals surface area contributed by atoms with Crippen molar-refractivity contribution in [2.24, 2.45) is 5.10 Å². The van der Waals surface area contributed by atoms with Crippen LogP contribution >= 0.6 is 0 Å². The van der Waals surface area contributed by atoms with Gasteiger partial charge in [0.25, 0.3) is 17.5 Å². The van der Waals surface area contributed by atoms with E-state index in [9.17, 15) is 19.7 Å². The zero-order chi connectivity index (χ0) is 23.7. The predicted molar refractivity (Wildman–Crippen MR) is 129 cm³/mol. The summed E-state index contributed by atoms with van der Waals surface area (Å²) in [5, 5.41) is 16.9. The van der Waals surface area contributed by atoms with Gasteiger partial charge in [-0.05, 0) is 41.3 Å². The minimum Gasteiger partial charge on any atom is -0.303 e. The summed E-state index contributed by atoms with van der Waals surface area (Å²) in [6.45, 7) is 0.379. The van der Waals surface area contributed by atoms with E-state index < -0.39 is 10.8 Å². The first kappa shape index (κ1) is 21.0. The first-order valence-electron chi connectivity index (χ1n) is 10.5. The van der Waals surface area contributed by atoms with E-state index in [0.717, 1.165) is 22.0 Å². The Balaban J connectivity index is 1.28. The Labute approximate surface area is 194 Å². The van der Waals surface area contributed by atoms with Crippen LogP contribution in [-0.2, 0) is 6.54 Å². The molecule has 2 amide bonds. The van der Waals surface area contributed by atoms with E-state index in [1.807, 2.05) is 36.4 Å². The summed E-state index contributed by atoms with van der Waals surface area (Å²) in [5.41, 5.74) is 5.39. The Morgan fingerprint density at radius 1 is 0.971 bits per heavy atom. The highest BCUT2D eigenvalue weighted by molar-refractivity contribution is 6.24. The number of nitro benzene ring substituents is 1. The van der Waals surface area contributed by atoms with Gasteiger partial charge >= 0.3 is 0 Å². The van der Waals surface area contributed by atoms with E-state index in [1.54, 1.807) is 47.4 Å². The standard InChI is InChI=1S/C26H18N4O4/c31-25(28-27-15-20-5-1-2-9-22(20)30(33)34)19-13-11-17(12-14-19)16-29-23-10-4-7-18-6-3-8-21(24(18)23)26(29)32/h1-15H,16H2,(H,28,31). The molecule has 0 atom stereocenters. The lowest BCUT2D eigenvalue weighted by molar-refractivity contribution is -0.385. The molecule has 1 aliphatic rings. The van der Waals surface area contributed by atoms with Crippen LogP contribution in [0.15, 0.2) is 90.0 Å². The zero-order valence-corrected chi connectivity index (χ0v) is 17.8. The lowest BCUT2D eigenvalue weighted by Crippen LogP contribution is -2.26. The average Bonchev–Trinajstić information content (AvgIpc) is 3.12. The smallest absolute Gasteiger partial charge is 0.278 e. The van der Waals surface area contributed by atoms with E-state index in [-0.39, 0.29) is 17.2 Å². The molecule has 0 unspecified atom stereocenters. The fraction of sp³-hybridized carbons (Fsp3) is 0.0385. The van der Waals surface area contributed by atoms with Crippen LogP contribution in [0.25, 0.3) is 10.8 Å². The lowest BCUT2D eigenvalue weighted by atomic mass is 10.1. The number of carbonyl (C=O) groups excluding carboxylic acids is 2. The van der Waals surface area contributed by atoms with Crippen LogP contribution in [0.5, 0.6) is 0 Å². The Hall–Kier alpha value is -4.85. The van der Waals surface area contributed by atoms with Crippen molar-refractivity contribution < 1.29 is 14.5 Å². The summed E-state index contributed by atoms with van der Waals surface area (Å²) in [5.74, 6) is -0.492. The highest BCUT2D eigenvalue weighted by atomic mass is 16.6. The normalized spacial score (nSPS) is 12.5. The van der Waals surface area contributed by atoms with Gasteiger partial charge in [-0.2, -0.15) is 5.10 Å². The van der Waals surface area contributed by atoms with Gasteiger partial charge in [-0.1, -0.05) is 48.5 Å². The average molecular weight is 450 g/mol. The van der Waals surface area contributed by atoms with Crippen LogP contribution in [0.4, 0.5) is 11.4 Å². The van der Waals surface area contributed by atoms with E-state index in [0.29, 0.717) is 17.7 Å². The van der Waals surface area contributed by atoms with Crippen LogP contribution in [0.1, 0.15) is 31.8 Å². The van der Waals surface area contributed by atoms with Gasteiger partial charge < -0.3 is 4.90 Å². The molecular formula is C26H18N4O4. The SMILES string of the molecule is O=C(NN=Cc1ccccc1[N+](=O)[O-])c1ccc(CN2C(=O)c3cccc4cccc2c34)cc1. The molecule has 0 bridgehead atoms. The van der Waals surface area contributed by atoms with Crippen molar-refractivity contribution in [3.8, 4) is 0 Å². The number of nitro groups is 1. The number of carbonyl (C=O) groups is 2. The molecule has 0 saturated heterocycles. The fourth-order valence-corrected chi connectivity index (χ4v) is 4.07. The molecule has 0 spiro atoms. The molecule has 4 aromatic rings. The molecule has 8 nitrogen and oxygen atoms in total. The van der Waals surface area contributed by atoms with E-state index >= 15 is 0 Å². The summed E-state index contributed by atoms with van der Waals surface area (Å²) >= 11 is 0. The number of anilines is 1. The van der Waals surface area contributed by atoms with Crippen molar-refractivity contribution >= 4 is 40.2 Å². The second-order valence-electron chi connectivity index (χ2n) is 7.78. The van der Waals surface area contributed by atoms with Gasteiger partial charge in [0.05, 0.1) is 28.9 Å². The van der Waals surface area contributed by atoms with E-state index in [1.165, 1.54) is 12.3 Å². The number of benzene rings is 4. The molecule has 0 fully saturated rings. The second-order valence-corrected chi connectivity index (χ2v) is 7.78. The first-order valence-corrected chi connectivity index (χ1v) is 10.5. The highest BCUT2D eigenvalue weighted by Crippen LogP contribution is 2.37. The minimum atomic E-state index is -0.508. The van der Waals surface area contributed by atoms with Crippen molar-refractivity contribution in [3.05, 3.63) is 117 Å². The molecule has 0 aromatic heterocycles. The summed E-state index contributed by atoms with van der Waals surface area (Å²) in [6.07, 6.45) is 1.24. The molecule has 1 heterocycles. The Kier molecular flexibility index (Phi) is 5.31. The number of para-hydroxylation sites is 1. The summed E-state index contributed by atoms with van der Waals surface area (Å²) < 4.78 is 0. The molecule has 4 aromatic carbocycles. The first-order chi connectivity index (χ1) is 16.5. The van der Waals surface area contributed by atoms with Gasteiger partial charge in [0.1, 0.15) is 0 Å². The number of amides is 2. The molecule has 0 radical (unpaired) electrons. The summed E-state index contributed by atoms with van der Waals surface area (Å²) in [4.78, 5) is 37.7. The molecular weight excluding hydrogens is 432 g/mol. The van der Waals surface area contributed by atoms with Gasteiger partial charge in [-0.25, -0.2) is 5.43 Å². The lowest BCUT2D eigenvalue weighted by Gasteiger charge is -2.18. The maximum Gasteiger partial charge on any atom is 0.278 e. The second kappa shape index (κ2) is 8.59.